The molecule has 11 heavy (non-hydrogen) atoms. The number of fused-ring (bicyclic) bond motifs is 1. The molecule has 0 spiro atoms. The van der Waals surface area contributed by atoms with Gasteiger partial charge in [-0.25, -0.2) is 9.40 Å². The number of carbonyl (C=O) groups excluding carboxylic acids is 1. The number of rotatable bonds is 0. The summed E-state index contributed by atoms with van der Waals surface area (Å²) in [5, 5.41) is 0. The Balaban J connectivity index is 2.52. The number of aromatic nitrogens is 2. The van der Waals surface area contributed by atoms with Gasteiger partial charge in [-0.3, -0.25) is 4.79 Å². The molecule has 0 atom stereocenters. The van der Waals surface area contributed by atoms with Crippen LogP contribution in [0.5, 0.6) is 0 Å². The Morgan fingerprint density at radius 1 is 1.73 bits per heavy atom. The number of amides is 1. The average Bonchev–Trinajstić information content (AvgIpc) is 2.37. The summed E-state index contributed by atoms with van der Waals surface area (Å²) in [5.74, 6) is 0.541. The lowest BCUT2D eigenvalue weighted by molar-refractivity contribution is 0.0876. The summed E-state index contributed by atoms with van der Waals surface area (Å²) in [6, 6.07) is 0. The number of halogens is 1. The Bertz CT molecular complexity index is 320. The topological polar surface area (TPSA) is 49.0 Å². The minimum atomic E-state index is -0.217. The van der Waals surface area contributed by atoms with Crippen molar-refractivity contribution in [2.75, 3.05) is 0 Å². The monoisotopic (exact) mass is 171 g/mol. The zero-order valence-corrected chi connectivity index (χ0v) is 6.64. The first-order valence-corrected chi connectivity index (χ1v) is 3.55. The van der Waals surface area contributed by atoms with E-state index in [0.717, 1.165) is 15.9 Å². The first-order chi connectivity index (χ1) is 5.18. The fourth-order valence-corrected chi connectivity index (χ4v) is 1.36. The Kier molecular flexibility index (Phi) is 1.20. The molecule has 1 aromatic rings. The van der Waals surface area contributed by atoms with Crippen molar-refractivity contribution in [2.24, 2.45) is 0 Å². The highest BCUT2D eigenvalue weighted by molar-refractivity contribution is 6.24. The largest absolute Gasteiger partial charge is 0.344 e. The van der Waals surface area contributed by atoms with Crippen LogP contribution in [0, 0.1) is 6.92 Å². The molecule has 1 aliphatic rings. The zero-order valence-electron chi connectivity index (χ0n) is 5.89. The summed E-state index contributed by atoms with van der Waals surface area (Å²) in [6.07, 6.45) is 0. The van der Waals surface area contributed by atoms with Gasteiger partial charge >= 0.3 is 0 Å². The van der Waals surface area contributed by atoms with Gasteiger partial charge in [0.2, 0.25) is 0 Å². The van der Waals surface area contributed by atoms with Gasteiger partial charge in [-0.15, -0.1) is 0 Å². The molecule has 5 heteroatoms. The van der Waals surface area contributed by atoms with Crippen molar-refractivity contribution in [2.45, 2.75) is 13.5 Å². The third-order valence-corrected chi connectivity index (χ3v) is 1.89. The van der Waals surface area contributed by atoms with Gasteiger partial charge in [0.05, 0.1) is 12.2 Å². The fraction of sp³-hybridized carbons (Fsp3) is 0.333. The maximum atomic E-state index is 11.1. The van der Waals surface area contributed by atoms with Gasteiger partial charge in [-0.1, -0.05) is 0 Å². The number of hydrogen-bond donors (Lipinski definition) is 1. The number of H-pyrrole nitrogens is 1. The van der Waals surface area contributed by atoms with Crippen LogP contribution in [0.25, 0.3) is 0 Å². The molecule has 2 rings (SSSR count). The van der Waals surface area contributed by atoms with Crippen molar-refractivity contribution < 1.29 is 4.79 Å². The highest BCUT2D eigenvalue weighted by atomic mass is 35.5. The van der Waals surface area contributed by atoms with Crippen molar-refractivity contribution in [1.29, 1.82) is 0 Å². The molecular formula is C6H6ClN3O. The lowest BCUT2D eigenvalue weighted by Crippen LogP contribution is -2.12. The van der Waals surface area contributed by atoms with Gasteiger partial charge in [-0.2, -0.15) is 0 Å². The van der Waals surface area contributed by atoms with Crippen LogP contribution >= 0.6 is 11.8 Å². The second kappa shape index (κ2) is 1.98. The Morgan fingerprint density at radius 2 is 2.45 bits per heavy atom. The number of nitrogens with zero attached hydrogens (tertiary/aromatic N) is 2. The molecule has 0 aliphatic carbocycles. The summed E-state index contributed by atoms with van der Waals surface area (Å²) in [4.78, 5) is 18.1. The van der Waals surface area contributed by atoms with Crippen LogP contribution in [0.4, 0.5) is 0 Å². The smallest absolute Gasteiger partial charge is 0.289 e. The van der Waals surface area contributed by atoms with E-state index in [1.165, 1.54) is 0 Å². The van der Waals surface area contributed by atoms with Crippen LogP contribution in [0.3, 0.4) is 0 Å². The van der Waals surface area contributed by atoms with Crippen molar-refractivity contribution in [3.05, 3.63) is 17.2 Å². The first-order valence-electron chi connectivity index (χ1n) is 3.21. The predicted molar refractivity (Wildman–Crippen MR) is 39.1 cm³/mol. The van der Waals surface area contributed by atoms with Crippen LogP contribution in [0.2, 0.25) is 0 Å². The van der Waals surface area contributed by atoms with Crippen LogP contribution in [-0.2, 0) is 6.54 Å². The van der Waals surface area contributed by atoms with Crippen molar-refractivity contribution in [1.82, 2.24) is 14.4 Å². The molecule has 0 aromatic carbocycles. The van der Waals surface area contributed by atoms with Crippen LogP contribution in [0.15, 0.2) is 0 Å². The number of hydrogen-bond acceptors (Lipinski definition) is 2. The molecule has 4 nitrogen and oxygen atoms in total. The van der Waals surface area contributed by atoms with Crippen LogP contribution in [-0.4, -0.2) is 20.3 Å². The molecule has 58 valence electrons. The fourth-order valence-electron chi connectivity index (χ4n) is 1.16. The molecule has 2 heterocycles. The molecule has 1 aliphatic heterocycles. The van der Waals surface area contributed by atoms with Gasteiger partial charge in [0.25, 0.3) is 5.91 Å². The normalized spacial score (nSPS) is 15.8. The molecule has 1 amide bonds. The van der Waals surface area contributed by atoms with Gasteiger partial charge in [0, 0.05) is 11.8 Å². The quantitative estimate of drug-likeness (QED) is 0.588. The van der Waals surface area contributed by atoms with E-state index in [0.29, 0.717) is 12.2 Å². The van der Waals surface area contributed by atoms with Gasteiger partial charge in [-0.05, 0) is 6.92 Å². The van der Waals surface area contributed by atoms with E-state index in [2.05, 4.69) is 9.97 Å². The van der Waals surface area contributed by atoms with E-state index >= 15 is 0 Å². The zero-order chi connectivity index (χ0) is 8.01. The molecule has 0 saturated carbocycles. The highest BCUT2D eigenvalue weighted by Gasteiger charge is 2.29. The minimum absolute atomic E-state index is 0.217. The lowest BCUT2D eigenvalue weighted by Gasteiger charge is -2.00. The van der Waals surface area contributed by atoms with Gasteiger partial charge < -0.3 is 4.98 Å². The Hall–Kier alpha value is -1.03. The minimum Gasteiger partial charge on any atom is -0.344 e. The summed E-state index contributed by atoms with van der Waals surface area (Å²) >= 11 is 5.55. The first kappa shape index (κ1) is 6.67. The maximum Gasteiger partial charge on any atom is 0.289 e. The van der Waals surface area contributed by atoms with Crippen molar-refractivity contribution in [3.63, 3.8) is 0 Å². The summed E-state index contributed by atoms with van der Waals surface area (Å²) < 4.78 is 1.12. The highest BCUT2D eigenvalue weighted by Crippen LogP contribution is 2.21. The Morgan fingerprint density at radius 3 is 3.09 bits per heavy atom. The molecule has 0 fully saturated rings. The van der Waals surface area contributed by atoms with Gasteiger partial charge in [0.15, 0.2) is 5.69 Å². The number of carbonyl (C=O) groups is 1. The number of imidazole rings is 1. The van der Waals surface area contributed by atoms with E-state index in [-0.39, 0.29) is 5.91 Å². The molecule has 0 bridgehead atoms. The van der Waals surface area contributed by atoms with Gasteiger partial charge in [0.1, 0.15) is 5.82 Å². The second-order valence-electron chi connectivity index (χ2n) is 2.47. The third-order valence-electron chi connectivity index (χ3n) is 1.62. The van der Waals surface area contributed by atoms with Crippen molar-refractivity contribution >= 4 is 17.7 Å². The predicted octanol–water partition coefficient (Wildman–Crippen LogP) is 0.828. The second-order valence-corrected chi connectivity index (χ2v) is 2.88. The van der Waals surface area contributed by atoms with Crippen LogP contribution in [0.1, 0.15) is 22.0 Å². The molecule has 0 saturated heterocycles. The summed E-state index contributed by atoms with van der Waals surface area (Å²) in [5.41, 5.74) is 1.26. The Labute approximate surface area is 68.3 Å². The summed E-state index contributed by atoms with van der Waals surface area (Å²) in [6.45, 7) is 2.24. The molecule has 1 N–H and O–H groups in total. The summed E-state index contributed by atoms with van der Waals surface area (Å²) in [7, 11) is 0. The average molecular weight is 172 g/mol. The van der Waals surface area contributed by atoms with E-state index in [4.69, 9.17) is 11.8 Å². The molecule has 0 radical (unpaired) electrons. The number of aromatic amines is 1. The van der Waals surface area contributed by atoms with E-state index in [9.17, 15) is 4.79 Å². The molecule has 0 unspecified atom stereocenters. The standard InChI is InChI=1S/C6H6ClN3O/c1-3-8-4-2-10(7)6(11)5(4)9-3/h2H2,1H3,(H,8,9). The number of nitrogens with one attached hydrogen (secondary N) is 1. The molecule has 1 aromatic heterocycles. The molecular weight excluding hydrogens is 166 g/mol. The lowest BCUT2D eigenvalue weighted by atomic mass is 10.4. The van der Waals surface area contributed by atoms with E-state index in [1.807, 2.05) is 6.92 Å². The van der Waals surface area contributed by atoms with Crippen LogP contribution < -0.4 is 0 Å². The SMILES string of the molecule is Cc1nc2c([nH]1)CN(Cl)C2=O. The third kappa shape index (κ3) is 0.826. The van der Waals surface area contributed by atoms with E-state index < -0.39 is 0 Å². The maximum absolute atomic E-state index is 11.1. The number of aryl methyl sites for hydroxylation is 1. The van der Waals surface area contributed by atoms with E-state index in [1.54, 1.807) is 0 Å². The van der Waals surface area contributed by atoms with Crippen molar-refractivity contribution in [3.8, 4) is 0 Å².